The first kappa shape index (κ1) is 13.2. The average molecular weight is 310 g/mol. The molecule has 1 aromatic heterocycles. The van der Waals surface area contributed by atoms with E-state index in [0.29, 0.717) is 23.4 Å². The molecular formula is C13H16BrN3O. The summed E-state index contributed by atoms with van der Waals surface area (Å²) in [6, 6.07) is 7.32. The second-order valence-corrected chi connectivity index (χ2v) is 5.05. The summed E-state index contributed by atoms with van der Waals surface area (Å²) in [4.78, 5) is 12.2. The standard InChI is InChI=1S/C13H16BrN3O/c1-2-5-10(8-14)9-17-13(18)11-6-3-4-7-12(11)15-16-17/h3-4,6-7,10H,2,5,8-9H2,1H3. The number of benzene rings is 1. The molecule has 2 rings (SSSR count). The normalized spacial score (nSPS) is 12.8. The highest BCUT2D eigenvalue weighted by atomic mass is 79.9. The monoisotopic (exact) mass is 309 g/mol. The summed E-state index contributed by atoms with van der Waals surface area (Å²) in [5.74, 6) is 0.420. The largest absolute Gasteiger partial charge is 0.277 e. The summed E-state index contributed by atoms with van der Waals surface area (Å²) in [7, 11) is 0. The fraction of sp³-hybridized carbons (Fsp3) is 0.462. The smallest absolute Gasteiger partial charge is 0.267 e. The van der Waals surface area contributed by atoms with E-state index in [9.17, 15) is 4.79 Å². The number of hydrogen-bond donors (Lipinski definition) is 0. The zero-order chi connectivity index (χ0) is 13.0. The van der Waals surface area contributed by atoms with Crippen LogP contribution in [0.5, 0.6) is 0 Å². The zero-order valence-electron chi connectivity index (χ0n) is 10.3. The molecule has 0 amide bonds. The molecular weight excluding hydrogens is 294 g/mol. The Bertz CT molecular complexity index is 582. The van der Waals surface area contributed by atoms with E-state index in [1.165, 1.54) is 4.68 Å². The highest BCUT2D eigenvalue weighted by Crippen LogP contribution is 2.11. The molecule has 18 heavy (non-hydrogen) atoms. The Hall–Kier alpha value is -1.23. The van der Waals surface area contributed by atoms with Crippen molar-refractivity contribution >= 4 is 26.8 Å². The first-order chi connectivity index (χ1) is 8.76. The Morgan fingerprint density at radius 2 is 2.17 bits per heavy atom. The van der Waals surface area contributed by atoms with Gasteiger partial charge in [-0.05, 0) is 24.5 Å². The number of halogens is 1. The van der Waals surface area contributed by atoms with E-state index in [2.05, 4.69) is 33.2 Å². The summed E-state index contributed by atoms with van der Waals surface area (Å²) in [6.45, 7) is 2.76. The van der Waals surface area contributed by atoms with Crippen LogP contribution in [-0.2, 0) is 6.54 Å². The zero-order valence-corrected chi connectivity index (χ0v) is 11.9. The molecule has 1 aromatic carbocycles. The summed E-state index contributed by atoms with van der Waals surface area (Å²) >= 11 is 3.49. The van der Waals surface area contributed by atoms with Gasteiger partial charge in [0.25, 0.3) is 5.56 Å². The van der Waals surface area contributed by atoms with Crippen LogP contribution in [0.3, 0.4) is 0 Å². The molecule has 0 radical (unpaired) electrons. The first-order valence-corrected chi connectivity index (χ1v) is 7.27. The Morgan fingerprint density at radius 3 is 2.89 bits per heavy atom. The third kappa shape index (κ3) is 2.77. The van der Waals surface area contributed by atoms with Crippen molar-refractivity contribution in [2.24, 2.45) is 5.92 Å². The molecule has 0 saturated heterocycles. The second-order valence-electron chi connectivity index (χ2n) is 4.40. The molecule has 1 unspecified atom stereocenters. The number of rotatable bonds is 5. The fourth-order valence-corrected chi connectivity index (χ4v) is 2.54. The van der Waals surface area contributed by atoms with Crippen molar-refractivity contribution in [3.8, 4) is 0 Å². The molecule has 4 nitrogen and oxygen atoms in total. The van der Waals surface area contributed by atoms with E-state index in [-0.39, 0.29) is 5.56 Å². The lowest BCUT2D eigenvalue weighted by Crippen LogP contribution is -2.28. The van der Waals surface area contributed by atoms with Crippen LogP contribution >= 0.6 is 15.9 Å². The molecule has 0 bridgehead atoms. The molecule has 0 N–H and O–H groups in total. The van der Waals surface area contributed by atoms with E-state index in [4.69, 9.17) is 0 Å². The molecule has 5 heteroatoms. The molecule has 96 valence electrons. The van der Waals surface area contributed by atoms with Crippen LogP contribution in [-0.4, -0.2) is 20.3 Å². The van der Waals surface area contributed by atoms with Crippen molar-refractivity contribution in [1.29, 1.82) is 0 Å². The van der Waals surface area contributed by atoms with E-state index >= 15 is 0 Å². The number of aromatic nitrogens is 3. The predicted octanol–water partition coefficient (Wildman–Crippen LogP) is 2.60. The Kier molecular flexibility index (Phi) is 4.47. The maximum Gasteiger partial charge on any atom is 0.277 e. The van der Waals surface area contributed by atoms with Crippen LogP contribution in [0.25, 0.3) is 10.9 Å². The van der Waals surface area contributed by atoms with Gasteiger partial charge in [0.2, 0.25) is 0 Å². The molecule has 1 atom stereocenters. The number of hydrogen-bond acceptors (Lipinski definition) is 3. The molecule has 2 aromatic rings. The van der Waals surface area contributed by atoms with Crippen LogP contribution in [0.1, 0.15) is 19.8 Å². The summed E-state index contributed by atoms with van der Waals surface area (Å²) in [6.07, 6.45) is 2.18. The van der Waals surface area contributed by atoms with Crippen LogP contribution in [0.4, 0.5) is 0 Å². The van der Waals surface area contributed by atoms with Crippen LogP contribution in [0, 0.1) is 5.92 Å². The van der Waals surface area contributed by atoms with Crippen LogP contribution < -0.4 is 5.56 Å². The Balaban J connectivity index is 2.34. The highest BCUT2D eigenvalue weighted by Gasteiger charge is 2.11. The highest BCUT2D eigenvalue weighted by molar-refractivity contribution is 9.09. The molecule has 1 heterocycles. The molecule has 0 spiro atoms. The molecule has 0 aliphatic rings. The topological polar surface area (TPSA) is 47.8 Å². The van der Waals surface area contributed by atoms with Gasteiger partial charge in [0.15, 0.2) is 0 Å². The summed E-state index contributed by atoms with van der Waals surface area (Å²) in [5, 5.41) is 9.61. The third-order valence-corrected chi connectivity index (χ3v) is 3.89. The van der Waals surface area contributed by atoms with Gasteiger partial charge in [0, 0.05) is 5.33 Å². The van der Waals surface area contributed by atoms with Crippen molar-refractivity contribution in [3.63, 3.8) is 0 Å². The lowest BCUT2D eigenvalue weighted by molar-refractivity contribution is 0.406. The fourth-order valence-electron chi connectivity index (χ4n) is 2.01. The Labute approximate surface area is 114 Å². The minimum absolute atomic E-state index is 0.0531. The van der Waals surface area contributed by atoms with Gasteiger partial charge in [-0.1, -0.05) is 46.6 Å². The van der Waals surface area contributed by atoms with E-state index < -0.39 is 0 Å². The van der Waals surface area contributed by atoms with Crippen molar-refractivity contribution in [3.05, 3.63) is 34.6 Å². The van der Waals surface area contributed by atoms with E-state index in [1.807, 2.05) is 18.2 Å². The van der Waals surface area contributed by atoms with Crippen molar-refractivity contribution in [2.45, 2.75) is 26.3 Å². The molecule has 0 aliphatic heterocycles. The number of alkyl halides is 1. The molecule has 0 saturated carbocycles. The quantitative estimate of drug-likeness (QED) is 0.798. The van der Waals surface area contributed by atoms with Crippen LogP contribution in [0.15, 0.2) is 29.1 Å². The minimum atomic E-state index is -0.0531. The molecule has 0 aliphatic carbocycles. The lowest BCUT2D eigenvalue weighted by atomic mass is 10.1. The van der Waals surface area contributed by atoms with Gasteiger partial charge in [0.05, 0.1) is 11.9 Å². The van der Waals surface area contributed by atoms with Gasteiger partial charge in [-0.15, -0.1) is 5.10 Å². The van der Waals surface area contributed by atoms with Gasteiger partial charge >= 0.3 is 0 Å². The minimum Gasteiger partial charge on any atom is -0.267 e. The lowest BCUT2D eigenvalue weighted by Gasteiger charge is -2.13. The van der Waals surface area contributed by atoms with Crippen molar-refractivity contribution < 1.29 is 0 Å². The van der Waals surface area contributed by atoms with Crippen LogP contribution in [0.2, 0.25) is 0 Å². The van der Waals surface area contributed by atoms with Crippen molar-refractivity contribution in [1.82, 2.24) is 15.0 Å². The Morgan fingerprint density at radius 1 is 1.39 bits per heavy atom. The maximum absolute atomic E-state index is 12.2. The average Bonchev–Trinajstić information content (AvgIpc) is 2.41. The number of fused-ring (bicyclic) bond motifs is 1. The molecule has 0 fully saturated rings. The summed E-state index contributed by atoms with van der Waals surface area (Å²) in [5.41, 5.74) is 0.604. The predicted molar refractivity (Wildman–Crippen MR) is 76.0 cm³/mol. The maximum atomic E-state index is 12.2. The van der Waals surface area contributed by atoms with E-state index in [1.54, 1.807) is 6.07 Å². The third-order valence-electron chi connectivity index (χ3n) is 2.98. The van der Waals surface area contributed by atoms with E-state index in [0.717, 1.165) is 18.2 Å². The SMILES string of the molecule is CCCC(CBr)Cn1nnc2ccccc2c1=O. The number of nitrogens with zero attached hydrogens (tertiary/aromatic N) is 3. The van der Waals surface area contributed by atoms with Gasteiger partial charge in [-0.2, -0.15) is 0 Å². The summed E-state index contributed by atoms with van der Waals surface area (Å²) < 4.78 is 1.48. The second kappa shape index (κ2) is 6.09. The van der Waals surface area contributed by atoms with Gasteiger partial charge < -0.3 is 0 Å². The van der Waals surface area contributed by atoms with Gasteiger partial charge in [0.1, 0.15) is 5.52 Å². The van der Waals surface area contributed by atoms with Crippen molar-refractivity contribution in [2.75, 3.05) is 5.33 Å². The first-order valence-electron chi connectivity index (χ1n) is 6.14. The van der Waals surface area contributed by atoms with Gasteiger partial charge in [-0.25, -0.2) is 4.68 Å². The van der Waals surface area contributed by atoms with Gasteiger partial charge in [-0.3, -0.25) is 4.79 Å².